The van der Waals surface area contributed by atoms with Crippen LogP contribution < -0.4 is 31.9 Å². The number of rotatable bonds is 8. The maximum atomic E-state index is 12.2. The maximum Gasteiger partial charge on any atom is 0.319 e. The van der Waals surface area contributed by atoms with E-state index in [4.69, 9.17) is 0 Å². The fourth-order valence-electron chi connectivity index (χ4n) is 3.72. The van der Waals surface area contributed by atoms with E-state index in [1.807, 2.05) is 0 Å². The molecule has 40 heavy (non-hydrogen) atoms. The lowest BCUT2D eigenvalue weighted by molar-refractivity contribution is 0.170. The first-order chi connectivity index (χ1) is 18.4. The molecule has 0 radical (unpaired) electrons. The number of hydrogen-bond acceptors (Lipinski definition) is 9. The summed E-state index contributed by atoms with van der Waals surface area (Å²) in [5, 5.41) is 45.7. The molecule has 2 aliphatic heterocycles. The van der Waals surface area contributed by atoms with Gasteiger partial charge in [0.15, 0.2) is 0 Å². The molecule has 0 fully saturated rings. The number of β-amino-alcohol motifs (C(OH)–C–C–N with tert-alkyl or cyclic N) is 2. The molecule has 2 heterocycles. The standard InChI is InChI=1S/C25H32N8O5.2ClH/c34-19-9-26-22(27-10-19)15-1-5-17(6-2-15)32-24(37)30-13-21(36)14-31-25(38)33-18-7-3-16(4-8-18)23-28-11-20(35)12-29-23;;/h1-8,19-21,34-36H,9-14H2,(H,26,27)(H,28,29)(H2,30,32,37)(H2,31,33,38);2*1H. The van der Waals surface area contributed by atoms with Crippen LogP contribution >= 0.6 is 24.8 Å². The van der Waals surface area contributed by atoms with Crippen molar-refractivity contribution < 1.29 is 24.9 Å². The SMILES string of the molecule is Cl.Cl.O=C(NCC(O)CNC(=O)Nc1ccc(C2=NCC(O)CN2)cc1)Nc1ccc(C2=NCC(O)CN2)cc1. The predicted molar refractivity (Wildman–Crippen MR) is 158 cm³/mol. The average Bonchev–Trinajstić information content (AvgIpc) is 2.93. The van der Waals surface area contributed by atoms with E-state index >= 15 is 0 Å². The summed E-state index contributed by atoms with van der Waals surface area (Å²) >= 11 is 0. The number of aliphatic imine (C=N–C) groups is 2. The predicted octanol–water partition coefficient (Wildman–Crippen LogP) is 0.256. The second-order valence-electron chi connectivity index (χ2n) is 8.93. The van der Waals surface area contributed by atoms with Crippen molar-refractivity contribution in [3.63, 3.8) is 0 Å². The molecule has 2 aromatic rings. The van der Waals surface area contributed by atoms with Crippen LogP contribution in [0.5, 0.6) is 0 Å². The molecule has 2 unspecified atom stereocenters. The molecule has 0 spiro atoms. The summed E-state index contributed by atoms with van der Waals surface area (Å²) < 4.78 is 0. The highest BCUT2D eigenvalue weighted by molar-refractivity contribution is 6.00. The molecule has 2 aliphatic rings. The first-order valence-corrected chi connectivity index (χ1v) is 12.3. The molecular formula is C25H34Cl2N8O5. The van der Waals surface area contributed by atoms with Crippen LogP contribution in [0.1, 0.15) is 11.1 Å². The van der Waals surface area contributed by atoms with E-state index < -0.39 is 30.4 Å². The molecule has 4 rings (SSSR count). The number of amides is 4. The fourth-order valence-corrected chi connectivity index (χ4v) is 3.72. The molecule has 13 nitrogen and oxygen atoms in total. The van der Waals surface area contributed by atoms with Gasteiger partial charge in [0, 0.05) is 48.7 Å². The quantitative estimate of drug-likeness (QED) is 0.208. The van der Waals surface area contributed by atoms with Crippen molar-refractivity contribution in [3.8, 4) is 0 Å². The number of anilines is 2. The molecule has 2 atom stereocenters. The molecule has 0 aromatic heterocycles. The van der Waals surface area contributed by atoms with Gasteiger partial charge in [-0.25, -0.2) is 9.59 Å². The monoisotopic (exact) mass is 596 g/mol. The van der Waals surface area contributed by atoms with Crippen molar-refractivity contribution in [2.75, 3.05) is 49.9 Å². The Hall–Kier alpha value is -3.62. The number of nitrogens with one attached hydrogen (secondary N) is 6. The van der Waals surface area contributed by atoms with Crippen molar-refractivity contribution in [2.45, 2.75) is 18.3 Å². The van der Waals surface area contributed by atoms with Gasteiger partial charge >= 0.3 is 12.1 Å². The van der Waals surface area contributed by atoms with Crippen LogP contribution in [-0.2, 0) is 0 Å². The minimum absolute atomic E-state index is 0. The highest BCUT2D eigenvalue weighted by Gasteiger charge is 2.15. The largest absolute Gasteiger partial charge is 0.389 e. The summed E-state index contributed by atoms with van der Waals surface area (Å²) in [6.45, 7) is 1.44. The lowest BCUT2D eigenvalue weighted by Gasteiger charge is -2.19. The van der Waals surface area contributed by atoms with Crippen LogP contribution in [0, 0.1) is 0 Å². The van der Waals surface area contributed by atoms with E-state index in [2.05, 4.69) is 41.9 Å². The van der Waals surface area contributed by atoms with E-state index in [-0.39, 0.29) is 37.9 Å². The Balaban J connectivity index is 0.00000280. The Labute approximate surface area is 243 Å². The molecule has 2 aromatic carbocycles. The number of amidine groups is 2. The summed E-state index contributed by atoms with van der Waals surface area (Å²) in [7, 11) is 0. The third-order valence-electron chi connectivity index (χ3n) is 5.76. The fraction of sp³-hybridized carbons (Fsp3) is 0.360. The van der Waals surface area contributed by atoms with Crippen molar-refractivity contribution in [2.24, 2.45) is 9.98 Å². The van der Waals surface area contributed by atoms with Crippen molar-refractivity contribution in [1.82, 2.24) is 21.3 Å². The highest BCUT2D eigenvalue weighted by Crippen LogP contribution is 2.12. The summed E-state index contributed by atoms with van der Waals surface area (Å²) in [6, 6.07) is 13.1. The molecule has 0 saturated carbocycles. The Morgan fingerprint density at radius 3 is 1.45 bits per heavy atom. The molecular weight excluding hydrogens is 563 g/mol. The summed E-state index contributed by atoms with van der Waals surface area (Å²) in [4.78, 5) is 32.9. The second kappa shape index (κ2) is 15.8. The lowest BCUT2D eigenvalue weighted by atomic mass is 10.1. The Bertz CT molecular complexity index is 1090. The normalized spacial score (nSPS) is 18.6. The molecule has 4 amide bonds. The van der Waals surface area contributed by atoms with Gasteiger partial charge in [-0.15, -0.1) is 24.8 Å². The van der Waals surface area contributed by atoms with E-state index in [0.717, 1.165) is 11.1 Å². The second-order valence-corrected chi connectivity index (χ2v) is 8.93. The van der Waals surface area contributed by atoms with E-state index in [0.29, 0.717) is 49.2 Å². The molecule has 9 N–H and O–H groups in total. The van der Waals surface area contributed by atoms with Crippen molar-refractivity contribution in [3.05, 3.63) is 59.7 Å². The molecule has 15 heteroatoms. The minimum Gasteiger partial charge on any atom is -0.389 e. The van der Waals surface area contributed by atoms with Gasteiger partial charge in [-0.1, -0.05) is 0 Å². The van der Waals surface area contributed by atoms with Gasteiger partial charge in [-0.05, 0) is 48.5 Å². The smallest absolute Gasteiger partial charge is 0.319 e. The van der Waals surface area contributed by atoms with Crippen LogP contribution in [0.25, 0.3) is 0 Å². The van der Waals surface area contributed by atoms with Gasteiger partial charge in [-0.2, -0.15) is 0 Å². The third kappa shape index (κ3) is 9.84. The van der Waals surface area contributed by atoms with Crippen LogP contribution in [0.4, 0.5) is 21.0 Å². The van der Waals surface area contributed by atoms with Gasteiger partial charge < -0.3 is 47.2 Å². The summed E-state index contributed by atoms with van der Waals surface area (Å²) in [5.41, 5.74) is 2.80. The van der Waals surface area contributed by atoms with Gasteiger partial charge in [0.1, 0.15) is 11.7 Å². The zero-order valence-corrected chi connectivity index (χ0v) is 23.1. The van der Waals surface area contributed by atoms with E-state index in [9.17, 15) is 24.9 Å². The third-order valence-corrected chi connectivity index (χ3v) is 5.76. The van der Waals surface area contributed by atoms with Crippen LogP contribution in [0.3, 0.4) is 0 Å². The van der Waals surface area contributed by atoms with Crippen molar-refractivity contribution in [1.29, 1.82) is 0 Å². The number of halogens is 2. The first kappa shape index (κ1) is 32.6. The van der Waals surface area contributed by atoms with Crippen LogP contribution in [0.2, 0.25) is 0 Å². The van der Waals surface area contributed by atoms with Gasteiger partial charge in [0.25, 0.3) is 0 Å². The first-order valence-electron chi connectivity index (χ1n) is 12.3. The van der Waals surface area contributed by atoms with E-state index in [1.165, 1.54) is 0 Å². The number of urea groups is 2. The zero-order chi connectivity index (χ0) is 26.9. The number of carbonyl (C=O) groups is 2. The highest BCUT2D eigenvalue weighted by atomic mass is 35.5. The maximum absolute atomic E-state index is 12.2. The number of aliphatic hydroxyl groups is 3. The lowest BCUT2D eigenvalue weighted by Crippen LogP contribution is -2.42. The topological polar surface area (TPSA) is 192 Å². The summed E-state index contributed by atoms with van der Waals surface area (Å²) in [5.74, 6) is 1.38. The number of nitrogens with zero attached hydrogens (tertiary/aromatic N) is 2. The number of carbonyl (C=O) groups excluding carboxylic acids is 2. The number of aliphatic hydroxyl groups excluding tert-OH is 3. The average molecular weight is 598 g/mol. The summed E-state index contributed by atoms with van der Waals surface area (Å²) in [6.07, 6.45) is -1.97. The number of benzene rings is 2. The van der Waals surface area contributed by atoms with E-state index in [1.54, 1.807) is 48.5 Å². The van der Waals surface area contributed by atoms with Gasteiger partial charge in [0.2, 0.25) is 0 Å². The minimum atomic E-state index is -0.993. The van der Waals surface area contributed by atoms with Gasteiger partial charge in [0.05, 0.1) is 31.4 Å². The van der Waals surface area contributed by atoms with Crippen LogP contribution in [-0.4, -0.2) is 96.6 Å². The van der Waals surface area contributed by atoms with Gasteiger partial charge in [-0.3, -0.25) is 9.98 Å². The Morgan fingerprint density at radius 1 is 0.750 bits per heavy atom. The Morgan fingerprint density at radius 2 is 1.12 bits per heavy atom. The zero-order valence-electron chi connectivity index (χ0n) is 21.5. The molecule has 0 saturated heterocycles. The van der Waals surface area contributed by atoms with Crippen molar-refractivity contribution >= 4 is 59.9 Å². The van der Waals surface area contributed by atoms with Crippen LogP contribution in [0.15, 0.2) is 58.5 Å². The Kier molecular flexibility index (Phi) is 12.9. The molecule has 218 valence electrons. The number of hydrogen-bond donors (Lipinski definition) is 9. The molecule has 0 aliphatic carbocycles. The molecule has 0 bridgehead atoms.